The fraction of sp³-hybridized carbons (Fsp3) is 0.357. The molecule has 1 atom stereocenters. The number of hydrogen-bond donors (Lipinski definition) is 5. The van der Waals surface area contributed by atoms with Crippen LogP contribution in [0.2, 0.25) is 0 Å². The van der Waals surface area contributed by atoms with Crippen molar-refractivity contribution in [1.29, 1.82) is 0 Å². The highest BCUT2D eigenvalue weighted by atomic mass is 16.3. The molecule has 0 amide bonds. The average Bonchev–Trinajstić information content (AvgIpc) is 2.85. The number of nitrogens with one attached hydrogen (secondary N) is 3. The van der Waals surface area contributed by atoms with Crippen LogP contribution >= 0.6 is 0 Å². The summed E-state index contributed by atoms with van der Waals surface area (Å²) in [5.74, 6) is 0.879. The Hall–Kier alpha value is -1.89. The van der Waals surface area contributed by atoms with Gasteiger partial charge in [-0.15, -0.1) is 0 Å². The maximum absolute atomic E-state index is 9.98. The van der Waals surface area contributed by atoms with Crippen LogP contribution in [0.25, 0.3) is 11.3 Å². The molecule has 1 heterocycles. The van der Waals surface area contributed by atoms with Gasteiger partial charge in [-0.3, -0.25) is 10.4 Å². The van der Waals surface area contributed by atoms with Crippen LogP contribution in [-0.2, 0) is 0 Å². The predicted molar refractivity (Wildman–Crippen MR) is 78.4 cm³/mol. The zero-order valence-electron chi connectivity index (χ0n) is 11.6. The molecule has 0 aliphatic carbocycles. The van der Waals surface area contributed by atoms with Crippen molar-refractivity contribution < 1.29 is 10.2 Å². The first-order valence-corrected chi connectivity index (χ1v) is 6.52. The van der Waals surface area contributed by atoms with Crippen molar-refractivity contribution in [3.63, 3.8) is 0 Å². The summed E-state index contributed by atoms with van der Waals surface area (Å²) in [4.78, 5) is 0. The van der Waals surface area contributed by atoms with E-state index in [0.29, 0.717) is 6.54 Å². The van der Waals surface area contributed by atoms with Gasteiger partial charge in [-0.25, -0.2) is 0 Å². The summed E-state index contributed by atoms with van der Waals surface area (Å²) in [6, 6.07) is 7.55. The Morgan fingerprint density at radius 2 is 2.20 bits per heavy atom. The van der Waals surface area contributed by atoms with E-state index in [-0.39, 0.29) is 6.61 Å². The Morgan fingerprint density at radius 1 is 1.40 bits per heavy atom. The highest BCUT2D eigenvalue weighted by Gasteiger charge is 2.12. The van der Waals surface area contributed by atoms with Gasteiger partial charge >= 0.3 is 0 Å². The lowest BCUT2D eigenvalue weighted by molar-refractivity contribution is 0.129. The molecule has 1 aromatic carbocycles. The summed E-state index contributed by atoms with van der Waals surface area (Å²) < 4.78 is 0. The van der Waals surface area contributed by atoms with E-state index in [2.05, 4.69) is 20.8 Å². The third kappa shape index (κ3) is 2.98. The number of aliphatic hydroxyl groups excluding tert-OH is 2. The summed E-state index contributed by atoms with van der Waals surface area (Å²) in [5.41, 5.74) is 3.56. The number of aliphatic hydroxyl groups is 2. The second-order valence-electron chi connectivity index (χ2n) is 4.53. The van der Waals surface area contributed by atoms with Gasteiger partial charge in [0.15, 0.2) is 0 Å². The first kappa shape index (κ1) is 14.5. The van der Waals surface area contributed by atoms with Gasteiger partial charge in [0.05, 0.1) is 12.3 Å². The van der Waals surface area contributed by atoms with Crippen molar-refractivity contribution in [3.8, 4) is 11.3 Å². The molecule has 1 unspecified atom stereocenters. The molecule has 20 heavy (non-hydrogen) atoms. The van der Waals surface area contributed by atoms with E-state index in [4.69, 9.17) is 5.11 Å². The van der Waals surface area contributed by atoms with Crippen molar-refractivity contribution in [1.82, 2.24) is 15.5 Å². The lowest BCUT2D eigenvalue weighted by Crippen LogP contribution is -2.24. The van der Waals surface area contributed by atoms with Gasteiger partial charge in [0.2, 0.25) is 0 Å². The highest BCUT2D eigenvalue weighted by molar-refractivity contribution is 5.68. The van der Waals surface area contributed by atoms with Gasteiger partial charge in [-0.1, -0.05) is 18.2 Å². The first-order chi connectivity index (χ1) is 9.67. The van der Waals surface area contributed by atoms with Gasteiger partial charge < -0.3 is 15.5 Å². The lowest BCUT2D eigenvalue weighted by atomic mass is 10.0. The van der Waals surface area contributed by atoms with Gasteiger partial charge in [0.25, 0.3) is 0 Å². The molecule has 6 heteroatoms. The molecule has 108 valence electrons. The van der Waals surface area contributed by atoms with Crippen molar-refractivity contribution in [2.75, 3.05) is 25.5 Å². The summed E-state index contributed by atoms with van der Waals surface area (Å²) in [6.45, 7) is 2.31. The molecule has 2 aromatic rings. The van der Waals surface area contributed by atoms with Crippen LogP contribution in [0.1, 0.15) is 17.4 Å². The maximum atomic E-state index is 9.98. The molecular weight excluding hydrogens is 256 g/mol. The Balaban J connectivity index is 2.27. The first-order valence-electron chi connectivity index (χ1n) is 6.52. The molecule has 0 spiro atoms. The third-order valence-electron chi connectivity index (χ3n) is 3.19. The molecule has 0 bridgehead atoms. The number of benzene rings is 1. The van der Waals surface area contributed by atoms with E-state index >= 15 is 0 Å². The predicted octanol–water partition coefficient (Wildman–Crippen LogP) is 1.000. The molecule has 0 aliphatic rings. The van der Waals surface area contributed by atoms with Crippen LogP contribution in [0.5, 0.6) is 0 Å². The maximum Gasteiger partial charge on any atom is 0.131 e. The average molecular weight is 276 g/mol. The number of nitrogens with zero attached hydrogens (tertiary/aromatic N) is 1. The van der Waals surface area contributed by atoms with E-state index in [0.717, 1.165) is 28.2 Å². The van der Waals surface area contributed by atoms with Crippen LogP contribution < -0.4 is 10.6 Å². The lowest BCUT2D eigenvalue weighted by Gasteiger charge is -2.13. The van der Waals surface area contributed by atoms with Crippen molar-refractivity contribution in [3.05, 3.63) is 35.4 Å². The highest BCUT2D eigenvalue weighted by Crippen LogP contribution is 2.27. The van der Waals surface area contributed by atoms with Crippen LogP contribution in [0.4, 0.5) is 5.82 Å². The van der Waals surface area contributed by atoms with E-state index in [9.17, 15) is 5.11 Å². The molecule has 2 rings (SSSR count). The topological polar surface area (TPSA) is 93.2 Å². The summed E-state index contributed by atoms with van der Waals surface area (Å²) in [5, 5.41) is 31.8. The Kier molecular flexibility index (Phi) is 4.73. The van der Waals surface area contributed by atoms with E-state index < -0.39 is 6.23 Å². The largest absolute Gasteiger partial charge is 0.395 e. The fourth-order valence-corrected chi connectivity index (χ4v) is 2.10. The van der Waals surface area contributed by atoms with Crippen LogP contribution in [0, 0.1) is 6.92 Å². The van der Waals surface area contributed by atoms with Gasteiger partial charge in [-0.2, -0.15) is 5.10 Å². The minimum absolute atomic E-state index is 0.0131. The molecule has 1 aromatic heterocycles. The number of aromatic nitrogens is 2. The molecule has 0 radical (unpaired) electrons. The molecule has 6 nitrogen and oxygen atoms in total. The summed E-state index contributed by atoms with van der Waals surface area (Å²) >= 11 is 0. The monoisotopic (exact) mass is 276 g/mol. The van der Waals surface area contributed by atoms with E-state index in [1.165, 1.54) is 0 Å². The van der Waals surface area contributed by atoms with Gasteiger partial charge in [0, 0.05) is 24.7 Å². The zero-order chi connectivity index (χ0) is 14.5. The van der Waals surface area contributed by atoms with Crippen LogP contribution in [0.15, 0.2) is 24.3 Å². The van der Waals surface area contributed by atoms with Crippen molar-refractivity contribution in [2.24, 2.45) is 0 Å². The van der Waals surface area contributed by atoms with Crippen molar-refractivity contribution >= 4 is 5.82 Å². The quantitative estimate of drug-likeness (QED) is 0.508. The number of anilines is 1. The molecule has 0 saturated heterocycles. The summed E-state index contributed by atoms with van der Waals surface area (Å²) in [7, 11) is 1.84. The number of H-pyrrole nitrogens is 1. The molecule has 0 aliphatic heterocycles. The molecular formula is C14H20N4O2. The fourth-order valence-electron chi connectivity index (χ4n) is 2.10. The Labute approximate surface area is 117 Å². The number of hydrogen-bond acceptors (Lipinski definition) is 5. The second kappa shape index (κ2) is 6.51. The van der Waals surface area contributed by atoms with Crippen LogP contribution in [-0.4, -0.2) is 40.6 Å². The number of aromatic amines is 1. The molecule has 0 saturated carbocycles. The summed E-state index contributed by atoms with van der Waals surface area (Å²) in [6.07, 6.45) is -0.801. The van der Waals surface area contributed by atoms with Gasteiger partial charge in [-0.05, 0) is 18.6 Å². The van der Waals surface area contributed by atoms with Gasteiger partial charge in [0.1, 0.15) is 12.0 Å². The van der Waals surface area contributed by atoms with E-state index in [1.807, 2.05) is 38.2 Å². The normalized spacial score (nSPS) is 12.4. The number of rotatable bonds is 6. The third-order valence-corrected chi connectivity index (χ3v) is 3.19. The van der Waals surface area contributed by atoms with E-state index in [1.54, 1.807) is 0 Å². The molecule has 5 N–H and O–H groups in total. The molecule has 0 fully saturated rings. The minimum atomic E-state index is -0.801. The second-order valence-corrected chi connectivity index (χ2v) is 4.53. The zero-order valence-corrected chi connectivity index (χ0v) is 11.6. The standard InChI is InChI=1S/C14H20N4O2/c1-9-12(17-18-13(9)15-2)10-4-3-5-11(8-10)14(20)16-6-7-19/h3-5,8,14,16,19-20H,6-7H2,1-2H3,(H2,15,17,18). The smallest absolute Gasteiger partial charge is 0.131 e. The SMILES string of the molecule is CNc1[nH]nc(-c2cccc(C(O)NCCO)c2)c1C. The Morgan fingerprint density at radius 3 is 2.85 bits per heavy atom. The van der Waals surface area contributed by atoms with Crippen LogP contribution in [0.3, 0.4) is 0 Å². The Bertz CT molecular complexity index is 568. The van der Waals surface area contributed by atoms with Crippen molar-refractivity contribution in [2.45, 2.75) is 13.2 Å². The minimum Gasteiger partial charge on any atom is -0.395 e.